The van der Waals surface area contributed by atoms with Gasteiger partial charge in [0.2, 0.25) is 0 Å². The second-order valence-corrected chi connectivity index (χ2v) is 7.46. The van der Waals surface area contributed by atoms with Crippen LogP contribution in [-0.4, -0.2) is 40.0 Å². The van der Waals surface area contributed by atoms with Crippen molar-refractivity contribution in [3.8, 4) is 0 Å². The first-order valence-corrected chi connectivity index (χ1v) is 8.70. The number of rotatable bonds is 9. The molecule has 1 rings (SSSR count). The zero-order valence-corrected chi connectivity index (χ0v) is 14.4. The van der Waals surface area contributed by atoms with Crippen molar-refractivity contribution in [3.63, 3.8) is 0 Å². The Kier molecular flexibility index (Phi) is 7.74. The van der Waals surface area contributed by atoms with E-state index < -0.39 is 5.54 Å². The molecule has 0 bridgehead atoms. The molecule has 3 nitrogen and oxygen atoms in total. The van der Waals surface area contributed by atoms with Crippen molar-refractivity contribution in [2.45, 2.75) is 57.1 Å². The topological polar surface area (TPSA) is 52.5 Å². The summed E-state index contributed by atoms with van der Waals surface area (Å²) < 4.78 is 0. The molecular formula is C17H29NO2S. The molecule has 0 fully saturated rings. The van der Waals surface area contributed by atoms with E-state index in [2.05, 4.69) is 31.3 Å². The molecule has 0 aliphatic carbocycles. The lowest BCUT2D eigenvalue weighted by atomic mass is 9.87. The van der Waals surface area contributed by atoms with Crippen molar-refractivity contribution in [2.24, 2.45) is 0 Å². The molecule has 3 unspecified atom stereocenters. The Morgan fingerprint density at radius 3 is 2.24 bits per heavy atom. The largest absolute Gasteiger partial charge is 0.394 e. The molecule has 1 aromatic carbocycles. The van der Waals surface area contributed by atoms with Gasteiger partial charge in [0.25, 0.3) is 0 Å². The van der Waals surface area contributed by atoms with Crippen LogP contribution in [0.3, 0.4) is 0 Å². The monoisotopic (exact) mass is 311 g/mol. The molecule has 0 spiro atoms. The van der Waals surface area contributed by atoms with Gasteiger partial charge in [-0.2, -0.15) is 11.8 Å². The first kappa shape index (κ1) is 18.5. The Morgan fingerprint density at radius 2 is 1.76 bits per heavy atom. The average Bonchev–Trinajstić information content (AvgIpc) is 2.46. The van der Waals surface area contributed by atoms with Crippen LogP contribution < -0.4 is 5.32 Å². The number of aliphatic hydroxyl groups is 2. The number of hydrogen-bond acceptors (Lipinski definition) is 4. The van der Waals surface area contributed by atoms with Crippen LogP contribution in [0.5, 0.6) is 0 Å². The van der Waals surface area contributed by atoms with Gasteiger partial charge in [0.1, 0.15) is 0 Å². The van der Waals surface area contributed by atoms with Gasteiger partial charge < -0.3 is 15.5 Å². The minimum Gasteiger partial charge on any atom is -0.394 e. The Bertz CT molecular complexity index is 397. The van der Waals surface area contributed by atoms with Gasteiger partial charge in [0.05, 0.1) is 18.2 Å². The molecule has 3 atom stereocenters. The maximum absolute atomic E-state index is 10.0. The number of hydrogen-bond donors (Lipinski definition) is 3. The smallest absolute Gasteiger partial charge is 0.0678 e. The molecule has 21 heavy (non-hydrogen) atoms. The van der Waals surface area contributed by atoms with Gasteiger partial charge in [0, 0.05) is 11.3 Å². The van der Waals surface area contributed by atoms with Gasteiger partial charge in [-0.25, -0.2) is 0 Å². The highest BCUT2D eigenvalue weighted by molar-refractivity contribution is 7.99. The van der Waals surface area contributed by atoms with E-state index in [4.69, 9.17) is 0 Å². The SMILES string of the molecule is CC(C)NC(CO)(CCSC(C)C(C)O)c1ccccc1. The quantitative estimate of drug-likeness (QED) is 0.656. The van der Waals surface area contributed by atoms with Crippen molar-refractivity contribution in [2.75, 3.05) is 12.4 Å². The van der Waals surface area contributed by atoms with Crippen molar-refractivity contribution in [1.82, 2.24) is 5.32 Å². The predicted molar refractivity (Wildman–Crippen MR) is 91.7 cm³/mol. The summed E-state index contributed by atoms with van der Waals surface area (Å²) >= 11 is 1.75. The lowest BCUT2D eigenvalue weighted by Gasteiger charge is -2.36. The highest BCUT2D eigenvalue weighted by atomic mass is 32.2. The van der Waals surface area contributed by atoms with Crippen LogP contribution in [-0.2, 0) is 5.54 Å². The van der Waals surface area contributed by atoms with Crippen LogP contribution in [0.2, 0.25) is 0 Å². The van der Waals surface area contributed by atoms with Crippen LogP contribution in [0, 0.1) is 0 Å². The molecule has 4 heteroatoms. The molecule has 0 heterocycles. The van der Waals surface area contributed by atoms with E-state index in [-0.39, 0.29) is 24.0 Å². The molecule has 0 aliphatic rings. The van der Waals surface area contributed by atoms with Gasteiger partial charge in [-0.05, 0) is 38.5 Å². The van der Waals surface area contributed by atoms with Gasteiger partial charge in [0.15, 0.2) is 0 Å². The average molecular weight is 311 g/mol. The van der Waals surface area contributed by atoms with E-state index in [1.165, 1.54) is 0 Å². The van der Waals surface area contributed by atoms with E-state index in [0.717, 1.165) is 17.7 Å². The Hall–Kier alpha value is -0.550. The second-order valence-electron chi connectivity index (χ2n) is 5.97. The van der Waals surface area contributed by atoms with Gasteiger partial charge in [-0.15, -0.1) is 0 Å². The van der Waals surface area contributed by atoms with Crippen LogP contribution in [0.25, 0.3) is 0 Å². The minimum absolute atomic E-state index is 0.0683. The van der Waals surface area contributed by atoms with E-state index in [0.29, 0.717) is 0 Å². The zero-order valence-electron chi connectivity index (χ0n) is 13.5. The van der Waals surface area contributed by atoms with E-state index in [1.54, 1.807) is 11.8 Å². The second kappa shape index (κ2) is 8.79. The lowest BCUT2D eigenvalue weighted by molar-refractivity contribution is 0.147. The van der Waals surface area contributed by atoms with Gasteiger partial charge in [-0.3, -0.25) is 0 Å². The summed E-state index contributed by atoms with van der Waals surface area (Å²) in [5.41, 5.74) is 0.701. The van der Waals surface area contributed by atoms with Crippen molar-refractivity contribution in [1.29, 1.82) is 0 Å². The van der Waals surface area contributed by atoms with Crippen molar-refractivity contribution < 1.29 is 10.2 Å². The van der Waals surface area contributed by atoms with E-state index >= 15 is 0 Å². The fourth-order valence-corrected chi connectivity index (χ4v) is 3.50. The number of nitrogens with one attached hydrogen (secondary N) is 1. The molecule has 0 saturated heterocycles. The summed E-state index contributed by atoms with van der Waals surface area (Å²) in [6.45, 7) is 8.12. The highest BCUT2D eigenvalue weighted by Crippen LogP contribution is 2.28. The normalized spacial score (nSPS) is 17.5. The van der Waals surface area contributed by atoms with Gasteiger partial charge in [-0.1, -0.05) is 37.3 Å². The van der Waals surface area contributed by atoms with E-state index in [9.17, 15) is 10.2 Å². The Balaban J connectivity index is 2.82. The van der Waals surface area contributed by atoms with Gasteiger partial charge >= 0.3 is 0 Å². The lowest BCUT2D eigenvalue weighted by Crippen LogP contribution is -2.49. The summed E-state index contributed by atoms with van der Waals surface area (Å²) in [5, 5.41) is 23.4. The minimum atomic E-state index is -0.416. The summed E-state index contributed by atoms with van der Waals surface area (Å²) in [7, 11) is 0. The molecule has 0 aliphatic heterocycles. The Labute approximate surface area is 133 Å². The predicted octanol–water partition coefficient (Wildman–Crippen LogP) is 2.76. The maximum Gasteiger partial charge on any atom is 0.0678 e. The molecule has 3 N–H and O–H groups in total. The third-order valence-electron chi connectivity index (χ3n) is 3.75. The fraction of sp³-hybridized carbons (Fsp3) is 0.647. The molecule has 0 radical (unpaired) electrons. The van der Waals surface area contributed by atoms with E-state index in [1.807, 2.05) is 32.0 Å². The summed E-state index contributed by atoms with van der Waals surface area (Å²) in [6.07, 6.45) is 0.515. The maximum atomic E-state index is 10.0. The summed E-state index contributed by atoms with van der Waals surface area (Å²) in [5.74, 6) is 0.890. The standard InChI is InChI=1S/C17H29NO2S/c1-13(2)18-17(12-19,16-8-6-5-7-9-16)10-11-21-15(4)14(3)20/h5-9,13-15,18-20H,10-12H2,1-4H3. The van der Waals surface area contributed by atoms with Crippen LogP contribution in [0.4, 0.5) is 0 Å². The third-order valence-corrected chi connectivity index (χ3v) is 5.11. The number of thioether (sulfide) groups is 1. The van der Waals surface area contributed by atoms with Crippen molar-refractivity contribution in [3.05, 3.63) is 35.9 Å². The summed E-state index contributed by atoms with van der Waals surface area (Å²) in [4.78, 5) is 0. The summed E-state index contributed by atoms with van der Waals surface area (Å²) in [6, 6.07) is 10.4. The molecule has 120 valence electrons. The fourth-order valence-electron chi connectivity index (χ4n) is 2.38. The zero-order chi connectivity index (χ0) is 15.9. The molecule has 0 saturated carbocycles. The molecule has 1 aromatic rings. The van der Waals surface area contributed by atoms with Crippen LogP contribution in [0.1, 0.15) is 39.7 Å². The number of benzene rings is 1. The molecule has 0 amide bonds. The first-order chi connectivity index (χ1) is 9.91. The Morgan fingerprint density at radius 1 is 1.14 bits per heavy atom. The van der Waals surface area contributed by atoms with Crippen LogP contribution in [0.15, 0.2) is 30.3 Å². The molecule has 0 aromatic heterocycles. The highest BCUT2D eigenvalue weighted by Gasteiger charge is 2.31. The van der Waals surface area contributed by atoms with Crippen molar-refractivity contribution >= 4 is 11.8 Å². The first-order valence-electron chi connectivity index (χ1n) is 7.65. The number of aliphatic hydroxyl groups excluding tert-OH is 2. The molecular weight excluding hydrogens is 282 g/mol. The third kappa shape index (κ3) is 5.62. The van der Waals surface area contributed by atoms with Crippen LogP contribution >= 0.6 is 11.8 Å².